The van der Waals surface area contributed by atoms with Gasteiger partial charge in [-0.25, -0.2) is 9.78 Å². The van der Waals surface area contributed by atoms with Crippen LogP contribution in [0.5, 0.6) is 0 Å². The molecule has 6 heteroatoms. The molecule has 0 saturated heterocycles. The fourth-order valence-corrected chi connectivity index (χ4v) is 6.33. The molecule has 0 unspecified atom stereocenters. The fourth-order valence-electron chi connectivity index (χ4n) is 6.33. The summed E-state index contributed by atoms with van der Waals surface area (Å²) >= 11 is 0. The van der Waals surface area contributed by atoms with Crippen molar-refractivity contribution in [1.29, 1.82) is 0 Å². The first-order valence-corrected chi connectivity index (χ1v) is 15.1. The Labute approximate surface area is 262 Å². The van der Waals surface area contributed by atoms with E-state index < -0.39 is 0 Å². The SMILES string of the molecule is O=c1oc2ccccc2c2ccc(-c3ccc4c(c3)c3ccccc3n4-c3nc(-c4ccccc4)nc(-c4ccccc4)n3)cc12. The lowest BCUT2D eigenvalue weighted by Gasteiger charge is -2.11. The van der Waals surface area contributed by atoms with Crippen LogP contribution < -0.4 is 5.63 Å². The van der Waals surface area contributed by atoms with Crippen LogP contribution in [0, 0.1) is 0 Å². The molecule has 0 aliphatic rings. The molecule has 0 aliphatic heterocycles. The van der Waals surface area contributed by atoms with Gasteiger partial charge in [0, 0.05) is 27.3 Å². The van der Waals surface area contributed by atoms with E-state index in [4.69, 9.17) is 19.4 Å². The molecule has 0 N–H and O–H groups in total. The van der Waals surface area contributed by atoms with Crippen LogP contribution in [0.2, 0.25) is 0 Å². The molecule has 3 aromatic heterocycles. The zero-order valence-corrected chi connectivity index (χ0v) is 24.5. The van der Waals surface area contributed by atoms with Crippen LogP contribution in [0.15, 0.2) is 155 Å². The third-order valence-electron chi connectivity index (χ3n) is 8.51. The Kier molecular flexibility index (Phi) is 5.86. The van der Waals surface area contributed by atoms with Crippen LogP contribution in [-0.4, -0.2) is 19.5 Å². The van der Waals surface area contributed by atoms with Crippen LogP contribution >= 0.6 is 0 Å². The highest BCUT2D eigenvalue weighted by Gasteiger charge is 2.18. The van der Waals surface area contributed by atoms with Crippen molar-refractivity contribution < 1.29 is 4.42 Å². The molecule has 0 saturated carbocycles. The largest absolute Gasteiger partial charge is 0.422 e. The molecule has 3 heterocycles. The van der Waals surface area contributed by atoms with Crippen molar-refractivity contribution in [2.75, 3.05) is 0 Å². The van der Waals surface area contributed by atoms with Gasteiger partial charge in [0.05, 0.1) is 16.4 Å². The molecule has 0 atom stereocenters. The van der Waals surface area contributed by atoms with Crippen molar-refractivity contribution in [2.45, 2.75) is 0 Å². The molecule has 0 aliphatic carbocycles. The molecule has 0 bridgehead atoms. The van der Waals surface area contributed by atoms with Gasteiger partial charge < -0.3 is 4.42 Å². The standard InChI is InChI=1S/C40H24N4O2/c45-39-33-24-27(19-21-29(33)31-16-8-10-18-36(31)46-39)28-20-22-35-32(23-28)30-15-7-9-17-34(30)44(35)40-42-37(25-11-3-1-4-12-25)41-38(43-40)26-13-5-2-6-14-26/h1-24H. The van der Waals surface area contributed by atoms with E-state index in [0.29, 0.717) is 28.6 Å². The maximum absolute atomic E-state index is 13.0. The van der Waals surface area contributed by atoms with Gasteiger partial charge in [-0.1, -0.05) is 115 Å². The number of rotatable bonds is 4. The maximum Gasteiger partial charge on any atom is 0.344 e. The fraction of sp³-hybridized carbons (Fsp3) is 0. The van der Waals surface area contributed by atoms with Gasteiger partial charge in [0.25, 0.3) is 0 Å². The molecule has 0 fully saturated rings. The highest BCUT2D eigenvalue weighted by Crippen LogP contribution is 2.36. The normalized spacial score (nSPS) is 11.6. The van der Waals surface area contributed by atoms with E-state index in [9.17, 15) is 4.79 Å². The van der Waals surface area contributed by atoms with Gasteiger partial charge in [-0.15, -0.1) is 0 Å². The minimum absolute atomic E-state index is 0.341. The molecule has 6 nitrogen and oxygen atoms in total. The number of aromatic nitrogens is 4. The minimum Gasteiger partial charge on any atom is -0.422 e. The van der Waals surface area contributed by atoms with E-state index in [2.05, 4.69) is 41.0 Å². The van der Waals surface area contributed by atoms with E-state index in [0.717, 1.165) is 54.8 Å². The average molecular weight is 593 g/mol. The molecule has 46 heavy (non-hydrogen) atoms. The van der Waals surface area contributed by atoms with E-state index in [1.165, 1.54) is 0 Å². The number of para-hydroxylation sites is 2. The van der Waals surface area contributed by atoms with Crippen LogP contribution in [0.4, 0.5) is 0 Å². The Morgan fingerprint density at radius 3 is 1.72 bits per heavy atom. The predicted molar refractivity (Wildman–Crippen MR) is 184 cm³/mol. The number of nitrogens with zero attached hydrogens (tertiary/aromatic N) is 4. The lowest BCUT2D eigenvalue weighted by atomic mass is 9.99. The van der Waals surface area contributed by atoms with Gasteiger partial charge in [-0.2, -0.15) is 9.97 Å². The van der Waals surface area contributed by atoms with Gasteiger partial charge in [-0.05, 0) is 46.8 Å². The van der Waals surface area contributed by atoms with Gasteiger partial charge in [-0.3, -0.25) is 4.57 Å². The van der Waals surface area contributed by atoms with Crippen LogP contribution in [0.3, 0.4) is 0 Å². The Balaban J connectivity index is 1.26. The lowest BCUT2D eigenvalue weighted by Crippen LogP contribution is -2.06. The smallest absolute Gasteiger partial charge is 0.344 e. The second kappa shape index (κ2) is 10.4. The topological polar surface area (TPSA) is 73.8 Å². The summed E-state index contributed by atoms with van der Waals surface area (Å²) in [4.78, 5) is 27.9. The molecule has 9 aromatic rings. The van der Waals surface area contributed by atoms with E-state index in [1.54, 1.807) is 0 Å². The van der Waals surface area contributed by atoms with Crippen molar-refractivity contribution in [2.24, 2.45) is 0 Å². The van der Waals surface area contributed by atoms with Gasteiger partial charge in [0.15, 0.2) is 11.6 Å². The summed E-state index contributed by atoms with van der Waals surface area (Å²) in [5, 5.41) is 4.50. The molecule has 0 spiro atoms. The van der Waals surface area contributed by atoms with Gasteiger partial charge in [0.2, 0.25) is 5.95 Å². The maximum atomic E-state index is 13.0. The minimum atomic E-state index is -0.341. The lowest BCUT2D eigenvalue weighted by molar-refractivity contribution is 0.569. The monoisotopic (exact) mass is 592 g/mol. The van der Waals surface area contributed by atoms with Crippen LogP contribution in [0.25, 0.3) is 83.4 Å². The van der Waals surface area contributed by atoms with Crippen molar-refractivity contribution in [3.63, 3.8) is 0 Å². The first-order chi connectivity index (χ1) is 22.7. The second-order valence-corrected chi connectivity index (χ2v) is 11.2. The highest BCUT2D eigenvalue weighted by atomic mass is 16.4. The summed E-state index contributed by atoms with van der Waals surface area (Å²) < 4.78 is 7.76. The van der Waals surface area contributed by atoms with Crippen molar-refractivity contribution >= 4 is 43.5 Å². The van der Waals surface area contributed by atoms with Crippen molar-refractivity contribution in [3.8, 4) is 39.9 Å². The van der Waals surface area contributed by atoms with Crippen LogP contribution in [0.1, 0.15) is 0 Å². The summed E-state index contributed by atoms with van der Waals surface area (Å²) in [5.41, 5.74) is 5.98. The Morgan fingerprint density at radius 2 is 1.00 bits per heavy atom. The van der Waals surface area contributed by atoms with Crippen molar-refractivity contribution in [3.05, 3.63) is 156 Å². The zero-order chi connectivity index (χ0) is 30.6. The third-order valence-corrected chi connectivity index (χ3v) is 8.51. The summed E-state index contributed by atoms with van der Waals surface area (Å²) in [7, 11) is 0. The summed E-state index contributed by atoms with van der Waals surface area (Å²) in [6, 6.07) is 48.3. The summed E-state index contributed by atoms with van der Waals surface area (Å²) in [6.45, 7) is 0. The van der Waals surface area contributed by atoms with E-state index in [1.807, 2.05) is 109 Å². The third kappa shape index (κ3) is 4.19. The molecular formula is C40H24N4O2. The second-order valence-electron chi connectivity index (χ2n) is 11.2. The van der Waals surface area contributed by atoms with Crippen LogP contribution in [-0.2, 0) is 0 Å². The summed E-state index contributed by atoms with van der Waals surface area (Å²) in [6.07, 6.45) is 0. The highest BCUT2D eigenvalue weighted by molar-refractivity contribution is 6.11. The number of hydrogen-bond donors (Lipinski definition) is 0. The van der Waals surface area contributed by atoms with Gasteiger partial charge in [0.1, 0.15) is 5.58 Å². The van der Waals surface area contributed by atoms with E-state index >= 15 is 0 Å². The van der Waals surface area contributed by atoms with Crippen molar-refractivity contribution in [1.82, 2.24) is 19.5 Å². The predicted octanol–water partition coefficient (Wildman–Crippen LogP) is 9.23. The van der Waals surface area contributed by atoms with Gasteiger partial charge >= 0.3 is 5.63 Å². The Hall–Kier alpha value is -6.40. The molecular weight excluding hydrogens is 568 g/mol. The number of fused-ring (bicyclic) bond motifs is 6. The average Bonchev–Trinajstić information content (AvgIpc) is 3.46. The number of hydrogen-bond acceptors (Lipinski definition) is 5. The number of benzene rings is 6. The Bertz CT molecular complexity index is 2600. The molecule has 216 valence electrons. The first kappa shape index (κ1) is 26.0. The molecule has 0 amide bonds. The zero-order valence-electron chi connectivity index (χ0n) is 24.5. The molecule has 9 rings (SSSR count). The Morgan fingerprint density at radius 1 is 0.435 bits per heavy atom. The molecule has 6 aromatic carbocycles. The molecule has 0 radical (unpaired) electrons. The quantitative estimate of drug-likeness (QED) is 0.150. The summed E-state index contributed by atoms with van der Waals surface area (Å²) in [5.74, 6) is 1.76. The van der Waals surface area contributed by atoms with E-state index in [-0.39, 0.29) is 5.63 Å². The first-order valence-electron chi connectivity index (χ1n) is 15.1.